The maximum absolute atomic E-state index is 12.3. The van der Waals surface area contributed by atoms with Gasteiger partial charge in [0.2, 0.25) is 5.91 Å². The predicted molar refractivity (Wildman–Crippen MR) is 94.9 cm³/mol. The second kappa shape index (κ2) is 9.42. The van der Waals surface area contributed by atoms with Crippen molar-refractivity contribution >= 4 is 17.6 Å². The molecule has 5 nitrogen and oxygen atoms in total. The number of aryl methyl sites for hydroxylation is 1. The Morgan fingerprint density at radius 1 is 1.21 bits per heavy atom. The van der Waals surface area contributed by atoms with Crippen molar-refractivity contribution in [2.24, 2.45) is 5.92 Å². The molecule has 1 aromatic carbocycles. The second-order valence-electron chi connectivity index (χ2n) is 6.33. The number of hydrogen-bond acceptors (Lipinski definition) is 4. The molecule has 0 radical (unpaired) electrons. The van der Waals surface area contributed by atoms with Crippen molar-refractivity contribution in [1.82, 2.24) is 4.90 Å². The highest BCUT2D eigenvalue weighted by atomic mass is 16.5. The van der Waals surface area contributed by atoms with E-state index in [9.17, 15) is 9.59 Å². The quantitative estimate of drug-likeness (QED) is 0.669. The summed E-state index contributed by atoms with van der Waals surface area (Å²) in [5.41, 5.74) is 2.06. The summed E-state index contributed by atoms with van der Waals surface area (Å²) in [5, 5.41) is 2.93. The molecule has 1 N–H and O–H groups in total. The number of amides is 1. The van der Waals surface area contributed by atoms with E-state index < -0.39 is 0 Å². The molecule has 132 valence electrons. The highest BCUT2D eigenvalue weighted by Gasteiger charge is 2.25. The monoisotopic (exact) mass is 332 g/mol. The second-order valence-corrected chi connectivity index (χ2v) is 6.33. The third-order valence-electron chi connectivity index (χ3n) is 4.16. The smallest absolute Gasteiger partial charge is 0.307 e. The number of esters is 1. The van der Waals surface area contributed by atoms with Gasteiger partial charge in [0.05, 0.1) is 19.6 Å². The van der Waals surface area contributed by atoms with E-state index in [1.807, 2.05) is 24.3 Å². The summed E-state index contributed by atoms with van der Waals surface area (Å²) in [5.74, 6) is 0.432. The molecule has 1 aliphatic carbocycles. The SMILES string of the molecule is CCOC(=O)CCN(CC(=O)Nc1ccc(CC)cc1)CC1CC1. The normalized spacial score (nSPS) is 13.8. The van der Waals surface area contributed by atoms with Crippen LogP contribution in [0.3, 0.4) is 0 Å². The molecule has 1 aliphatic rings. The van der Waals surface area contributed by atoms with E-state index in [-0.39, 0.29) is 11.9 Å². The summed E-state index contributed by atoms with van der Waals surface area (Å²) in [6, 6.07) is 7.91. The summed E-state index contributed by atoms with van der Waals surface area (Å²) in [6.45, 7) is 6.06. The molecule has 5 heteroatoms. The van der Waals surface area contributed by atoms with E-state index in [1.54, 1.807) is 6.92 Å². The summed E-state index contributed by atoms with van der Waals surface area (Å²) < 4.78 is 4.97. The van der Waals surface area contributed by atoms with Crippen molar-refractivity contribution < 1.29 is 14.3 Å². The highest BCUT2D eigenvalue weighted by Crippen LogP contribution is 2.29. The molecule has 2 rings (SSSR count). The zero-order chi connectivity index (χ0) is 17.4. The molecular weight excluding hydrogens is 304 g/mol. The Labute approximate surface area is 144 Å². The van der Waals surface area contributed by atoms with E-state index in [4.69, 9.17) is 4.74 Å². The van der Waals surface area contributed by atoms with Gasteiger partial charge in [0.15, 0.2) is 0 Å². The van der Waals surface area contributed by atoms with Crippen LogP contribution in [0.1, 0.15) is 38.7 Å². The van der Waals surface area contributed by atoms with Gasteiger partial charge in [-0.1, -0.05) is 19.1 Å². The van der Waals surface area contributed by atoms with E-state index in [2.05, 4.69) is 17.1 Å². The Kier molecular flexibility index (Phi) is 7.25. The number of ether oxygens (including phenoxy) is 1. The number of carbonyl (C=O) groups excluding carboxylic acids is 2. The molecule has 1 aromatic rings. The minimum Gasteiger partial charge on any atom is -0.466 e. The van der Waals surface area contributed by atoms with Gasteiger partial charge in [-0.3, -0.25) is 14.5 Å². The van der Waals surface area contributed by atoms with Crippen LogP contribution in [-0.2, 0) is 20.7 Å². The third kappa shape index (κ3) is 6.71. The largest absolute Gasteiger partial charge is 0.466 e. The first-order chi connectivity index (χ1) is 11.6. The van der Waals surface area contributed by atoms with Crippen LogP contribution in [0.5, 0.6) is 0 Å². The number of rotatable bonds is 10. The molecular formula is C19H28N2O3. The van der Waals surface area contributed by atoms with Gasteiger partial charge < -0.3 is 10.1 Å². The molecule has 0 spiro atoms. The first-order valence-electron chi connectivity index (χ1n) is 8.87. The fourth-order valence-electron chi connectivity index (χ4n) is 2.61. The first-order valence-corrected chi connectivity index (χ1v) is 8.87. The maximum atomic E-state index is 12.3. The number of nitrogens with one attached hydrogen (secondary N) is 1. The molecule has 0 unspecified atom stereocenters. The van der Waals surface area contributed by atoms with E-state index in [0.717, 1.165) is 18.7 Å². The van der Waals surface area contributed by atoms with Crippen molar-refractivity contribution in [3.05, 3.63) is 29.8 Å². The Balaban J connectivity index is 1.82. The van der Waals surface area contributed by atoms with Gasteiger partial charge in [-0.2, -0.15) is 0 Å². The molecule has 0 aliphatic heterocycles. The lowest BCUT2D eigenvalue weighted by molar-refractivity contribution is -0.143. The van der Waals surface area contributed by atoms with Crippen molar-refractivity contribution in [3.63, 3.8) is 0 Å². The summed E-state index contributed by atoms with van der Waals surface area (Å²) in [6.07, 6.45) is 3.75. The summed E-state index contributed by atoms with van der Waals surface area (Å²) in [4.78, 5) is 25.9. The summed E-state index contributed by atoms with van der Waals surface area (Å²) >= 11 is 0. The Morgan fingerprint density at radius 2 is 1.92 bits per heavy atom. The molecule has 1 amide bonds. The molecule has 1 fully saturated rings. The maximum Gasteiger partial charge on any atom is 0.307 e. The van der Waals surface area contributed by atoms with Gasteiger partial charge in [-0.05, 0) is 49.8 Å². The fourth-order valence-corrected chi connectivity index (χ4v) is 2.61. The van der Waals surface area contributed by atoms with Gasteiger partial charge >= 0.3 is 5.97 Å². The molecule has 24 heavy (non-hydrogen) atoms. The lowest BCUT2D eigenvalue weighted by Gasteiger charge is -2.21. The minimum atomic E-state index is -0.200. The van der Waals surface area contributed by atoms with E-state index in [1.165, 1.54) is 18.4 Å². The van der Waals surface area contributed by atoms with Crippen LogP contribution < -0.4 is 5.32 Å². The minimum absolute atomic E-state index is 0.0382. The average molecular weight is 332 g/mol. The standard InChI is InChI=1S/C19H28N2O3/c1-3-15-7-9-17(10-8-15)20-18(22)14-21(13-16-5-6-16)12-11-19(23)24-4-2/h7-10,16H,3-6,11-14H2,1-2H3,(H,20,22). The average Bonchev–Trinajstić information content (AvgIpc) is 3.37. The van der Waals surface area contributed by atoms with Crippen LogP contribution in [0, 0.1) is 5.92 Å². The number of nitrogens with zero attached hydrogens (tertiary/aromatic N) is 1. The van der Waals surface area contributed by atoms with Crippen molar-refractivity contribution in [3.8, 4) is 0 Å². The summed E-state index contributed by atoms with van der Waals surface area (Å²) in [7, 11) is 0. The predicted octanol–water partition coefficient (Wildman–Crippen LogP) is 2.85. The topological polar surface area (TPSA) is 58.6 Å². The zero-order valence-electron chi connectivity index (χ0n) is 14.7. The number of carbonyl (C=O) groups is 2. The van der Waals surface area contributed by atoms with Gasteiger partial charge in [0, 0.05) is 18.8 Å². The van der Waals surface area contributed by atoms with Crippen LogP contribution >= 0.6 is 0 Å². The number of benzene rings is 1. The molecule has 1 saturated carbocycles. The Morgan fingerprint density at radius 3 is 2.50 bits per heavy atom. The van der Waals surface area contributed by atoms with Gasteiger partial charge in [0.1, 0.15) is 0 Å². The molecule has 0 bridgehead atoms. The highest BCUT2D eigenvalue weighted by molar-refractivity contribution is 5.92. The van der Waals surface area contributed by atoms with Crippen molar-refractivity contribution in [2.45, 2.75) is 39.5 Å². The van der Waals surface area contributed by atoms with Crippen LogP contribution in [-0.4, -0.2) is 43.0 Å². The van der Waals surface area contributed by atoms with Crippen molar-refractivity contribution in [2.75, 3.05) is 31.6 Å². The van der Waals surface area contributed by atoms with Crippen LogP contribution in [0.15, 0.2) is 24.3 Å². The lowest BCUT2D eigenvalue weighted by atomic mass is 10.1. The lowest BCUT2D eigenvalue weighted by Crippen LogP contribution is -2.36. The Bertz CT molecular complexity index is 538. The molecule has 0 atom stereocenters. The molecule has 0 saturated heterocycles. The molecule has 0 aromatic heterocycles. The first kappa shape index (κ1) is 18.5. The van der Waals surface area contributed by atoms with Gasteiger partial charge in [0.25, 0.3) is 0 Å². The van der Waals surface area contributed by atoms with Gasteiger partial charge in [-0.25, -0.2) is 0 Å². The van der Waals surface area contributed by atoms with Crippen LogP contribution in [0.25, 0.3) is 0 Å². The number of hydrogen-bond donors (Lipinski definition) is 1. The fraction of sp³-hybridized carbons (Fsp3) is 0.579. The number of anilines is 1. The van der Waals surface area contributed by atoms with E-state index >= 15 is 0 Å². The van der Waals surface area contributed by atoms with Gasteiger partial charge in [-0.15, -0.1) is 0 Å². The van der Waals surface area contributed by atoms with E-state index in [0.29, 0.717) is 32.0 Å². The Hall–Kier alpha value is -1.88. The zero-order valence-corrected chi connectivity index (χ0v) is 14.7. The van der Waals surface area contributed by atoms with Crippen LogP contribution in [0.4, 0.5) is 5.69 Å². The third-order valence-corrected chi connectivity index (χ3v) is 4.16. The van der Waals surface area contributed by atoms with Crippen LogP contribution in [0.2, 0.25) is 0 Å². The van der Waals surface area contributed by atoms with Crippen molar-refractivity contribution in [1.29, 1.82) is 0 Å². The molecule has 0 heterocycles.